The zero-order chi connectivity index (χ0) is 30.5. The van der Waals surface area contributed by atoms with E-state index < -0.39 is 17.0 Å². The van der Waals surface area contributed by atoms with Gasteiger partial charge in [-0.05, 0) is 43.4 Å². The number of nitro groups is 1. The Bertz CT molecular complexity index is 1610. The molecule has 0 spiro atoms. The van der Waals surface area contributed by atoms with Crippen LogP contribution in [0.25, 0.3) is 11.3 Å². The number of nitro benzene ring substituents is 1. The molecule has 226 valence electrons. The van der Waals surface area contributed by atoms with Crippen molar-refractivity contribution in [1.82, 2.24) is 19.8 Å². The molecule has 3 atom stereocenters. The second-order valence-corrected chi connectivity index (χ2v) is 11.4. The first-order valence-corrected chi connectivity index (χ1v) is 15.1. The predicted octanol–water partition coefficient (Wildman–Crippen LogP) is 5.46. The van der Waals surface area contributed by atoms with E-state index in [1.54, 1.807) is 6.33 Å². The van der Waals surface area contributed by atoms with Crippen molar-refractivity contribution < 1.29 is 19.2 Å². The summed E-state index contributed by atoms with van der Waals surface area (Å²) in [5.41, 5.74) is 3.32. The minimum absolute atomic E-state index is 0.0162. The van der Waals surface area contributed by atoms with Crippen LogP contribution >= 0.6 is 0 Å². The third-order valence-electron chi connectivity index (χ3n) is 8.57. The number of amides is 1. The minimum atomic E-state index is -0.529. The van der Waals surface area contributed by atoms with Crippen molar-refractivity contribution in [2.45, 2.75) is 50.3 Å². The molecule has 1 saturated carbocycles. The van der Waals surface area contributed by atoms with Gasteiger partial charge in [0.1, 0.15) is 6.10 Å². The van der Waals surface area contributed by atoms with Crippen LogP contribution in [0.2, 0.25) is 0 Å². The molecular formula is C34H35N5O5. The lowest BCUT2D eigenvalue weighted by atomic mass is 9.91. The Balaban J connectivity index is 1.31. The molecule has 1 aliphatic heterocycles. The molecule has 1 amide bonds. The van der Waals surface area contributed by atoms with E-state index in [0.29, 0.717) is 31.7 Å². The van der Waals surface area contributed by atoms with E-state index in [-0.39, 0.29) is 29.2 Å². The maximum Gasteiger partial charge on any atom is 0.338 e. The molecule has 1 aromatic heterocycles. The Morgan fingerprint density at radius 2 is 1.66 bits per heavy atom. The monoisotopic (exact) mass is 593 g/mol. The predicted molar refractivity (Wildman–Crippen MR) is 165 cm³/mol. The molecule has 1 saturated heterocycles. The standard InChI is InChI=1S/C34H35N5O5/c40-33(37-20-19-35-22-28(37)21-24-9-3-1-4-10-24)31-32(25-11-5-2-6-12-25)38(23-36-31)29-13-7-8-14-30(29)44-34(41)26-15-17-27(18-16-26)39(42)43/h1-6,9-12,15-18,23,28-30,35H,7-8,13-14,19-22H2/t28-,29+,30-/m1/s1. The normalized spacial score (nSPS) is 20.2. The van der Waals surface area contributed by atoms with Crippen molar-refractivity contribution in [3.63, 3.8) is 0 Å². The Morgan fingerprint density at radius 1 is 0.955 bits per heavy atom. The minimum Gasteiger partial charge on any atom is -0.457 e. The molecule has 2 heterocycles. The van der Waals surface area contributed by atoms with Crippen LogP contribution in [0, 0.1) is 10.1 Å². The molecule has 10 heteroatoms. The largest absolute Gasteiger partial charge is 0.457 e. The molecule has 0 bridgehead atoms. The number of carbonyl (C=O) groups excluding carboxylic acids is 2. The smallest absolute Gasteiger partial charge is 0.338 e. The first kappa shape index (κ1) is 29.3. The summed E-state index contributed by atoms with van der Waals surface area (Å²) in [6.45, 7) is 1.99. The number of ether oxygens (including phenoxy) is 1. The zero-order valence-corrected chi connectivity index (χ0v) is 24.4. The summed E-state index contributed by atoms with van der Waals surface area (Å²) in [6.07, 6.45) is 5.27. The molecule has 2 fully saturated rings. The van der Waals surface area contributed by atoms with E-state index in [4.69, 9.17) is 9.72 Å². The van der Waals surface area contributed by atoms with Gasteiger partial charge in [-0.1, -0.05) is 67.1 Å². The van der Waals surface area contributed by atoms with Crippen LogP contribution < -0.4 is 5.32 Å². The number of imidazole rings is 1. The van der Waals surface area contributed by atoms with Gasteiger partial charge in [0, 0.05) is 43.4 Å². The van der Waals surface area contributed by atoms with Gasteiger partial charge in [-0.15, -0.1) is 0 Å². The van der Waals surface area contributed by atoms with Crippen LogP contribution in [0.5, 0.6) is 0 Å². The second kappa shape index (κ2) is 13.2. The van der Waals surface area contributed by atoms with Gasteiger partial charge in [-0.25, -0.2) is 9.78 Å². The highest BCUT2D eigenvalue weighted by atomic mass is 16.6. The van der Waals surface area contributed by atoms with E-state index in [2.05, 4.69) is 17.4 Å². The van der Waals surface area contributed by atoms with Crippen molar-refractivity contribution >= 4 is 17.6 Å². The summed E-state index contributed by atoms with van der Waals surface area (Å²) < 4.78 is 8.06. The number of nitrogens with one attached hydrogen (secondary N) is 1. The maximum absolute atomic E-state index is 14.3. The van der Waals surface area contributed by atoms with Crippen LogP contribution in [-0.2, 0) is 11.2 Å². The third kappa shape index (κ3) is 6.26. The third-order valence-corrected chi connectivity index (χ3v) is 8.57. The number of carbonyl (C=O) groups is 2. The highest BCUT2D eigenvalue weighted by molar-refractivity contribution is 5.98. The molecule has 0 radical (unpaired) electrons. The van der Waals surface area contributed by atoms with Crippen molar-refractivity contribution in [2.75, 3.05) is 19.6 Å². The average Bonchev–Trinajstić information content (AvgIpc) is 3.51. The summed E-state index contributed by atoms with van der Waals surface area (Å²) in [7, 11) is 0. The number of esters is 1. The summed E-state index contributed by atoms with van der Waals surface area (Å²) in [5.74, 6) is -0.640. The maximum atomic E-state index is 14.3. The average molecular weight is 594 g/mol. The topological polar surface area (TPSA) is 120 Å². The van der Waals surface area contributed by atoms with Crippen LogP contribution in [0.1, 0.15) is 58.1 Å². The van der Waals surface area contributed by atoms with Gasteiger partial charge in [0.25, 0.3) is 11.6 Å². The quantitative estimate of drug-likeness (QED) is 0.164. The number of rotatable bonds is 8. The van der Waals surface area contributed by atoms with Gasteiger partial charge in [0.05, 0.1) is 28.5 Å². The molecule has 1 N–H and O–H groups in total. The van der Waals surface area contributed by atoms with Gasteiger partial charge in [0.2, 0.25) is 0 Å². The molecular weight excluding hydrogens is 558 g/mol. The molecule has 3 aromatic carbocycles. The van der Waals surface area contributed by atoms with Crippen LogP contribution in [0.4, 0.5) is 5.69 Å². The van der Waals surface area contributed by atoms with Crippen molar-refractivity contribution in [2.24, 2.45) is 0 Å². The molecule has 10 nitrogen and oxygen atoms in total. The number of hydrogen-bond acceptors (Lipinski definition) is 7. The molecule has 0 unspecified atom stereocenters. The zero-order valence-electron chi connectivity index (χ0n) is 24.4. The lowest BCUT2D eigenvalue weighted by Gasteiger charge is -2.36. The summed E-state index contributed by atoms with van der Waals surface area (Å²) in [4.78, 5) is 44.7. The fourth-order valence-electron chi connectivity index (χ4n) is 6.34. The second-order valence-electron chi connectivity index (χ2n) is 11.4. The van der Waals surface area contributed by atoms with Gasteiger partial charge >= 0.3 is 5.97 Å². The number of aromatic nitrogens is 2. The number of benzene rings is 3. The lowest BCUT2D eigenvalue weighted by Crippen LogP contribution is -2.54. The van der Waals surface area contributed by atoms with Crippen molar-refractivity contribution in [3.05, 3.63) is 118 Å². The lowest BCUT2D eigenvalue weighted by molar-refractivity contribution is -0.384. The summed E-state index contributed by atoms with van der Waals surface area (Å²) >= 11 is 0. The molecule has 1 aliphatic carbocycles. The number of non-ortho nitro benzene ring substituents is 1. The van der Waals surface area contributed by atoms with Crippen LogP contribution in [0.15, 0.2) is 91.3 Å². The van der Waals surface area contributed by atoms with E-state index in [1.807, 2.05) is 58.0 Å². The molecule has 44 heavy (non-hydrogen) atoms. The van der Waals surface area contributed by atoms with E-state index >= 15 is 0 Å². The Hall–Kier alpha value is -4.83. The van der Waals surface area contributed by atoms with Gasteiger partial charge < -0.3 is 19.5 Å². The summed E-state index contributed by atoms with van der Waals surface area (Å²) in [6, 6.07) is 25.2. The van der Waals surface area contributed by atoms with Gasteiger partial charge in [0.15, 0.2) is 5.69 Å². The Labute approximate surface area is 255 Å². The fraction of sp³-hybridized carbons (Fsp3) is 0.324. The number of hydrogen-bond donors (Lipinski definition) is 1. The van der Waals surface area contributed by atoms with Crippen molar-refractivity contribution in [3.8, 4) is 11.3 Å². The van der Waals surface area contributed by atoms with E-state index in [1.165, 1.54) is 29.8 Å². The summed E-state index contributed by atoms with van der Waals surface area (Å²) in [5, 5.41) is 14.5. The first-order valence-electron chi connectivity index (χ1n) is 15.1. The van der Waals surface area contributed by atoms with Crippen molar-refractivity contribution in [1.29, 1.82) is 0 Å². The number of nitrogens with zero attached hydrogens (tertiary/aromatic N) is 4. The SMILES string of the molecule is O=C(O[C@@H]1CCCC[C@@H]1n1cnc(C(=O)N2CCNC[C@H]2Cc2ccccc2)c1-c1ccccc1)c1ccc([N+](=O)[O-])cc1. The first-order chi connectivity index (χ1) is 21.5. The molecule has 6 rings (SSSR count). The molecule has 4 aromatic rings. The molecule has 2 aliphatic rings. The van der Waals surface area contributed by atoms with Crippen LogP contribution in [-0.4, -0.2) is 63.0 Å². The van der Waals surface area contributed by atoms with Gasteiger partial charge in [-0.2, -0.15) is 0 Å². The number of piperazine rings is 1. The Kier molecular flexibility index (Phi) is 8.79. The van der Waals surface area contributed by atoms with Crippen LogP contribution in [0.3, 0.4) is 0 Å². The Morgan fingerprint density at radius 3 is 2.39 bits per heavy atom. The van der Waals surface area contributed by atoms with Gasteiger partial charge in [-0.3, -0.25) is 14.9 Å². The highest BCUT2D eigenvalue weighted by Gasteiger charge is 2.36. The van der Waals surface area contributed by atoms with E-state index in [0.717, 1.165) is 36.9 Å². The fourth-order valence-corrected chi connectivity index (χ4v) is 6.34. The highest BCUT2D eigenvalue weighted by Crippen LogP contribution is 2.37. The van der Waals surface area contributed by atoms with E-state index in [9.17, 15) is 19.7 Å².